The molecule has 3 rings (SSSR count). The minimum atomic E-state index is -0.129. The van der Waals surface area contributed by atoms with Crippen molar-refractivity contribution >= 4 is 34.1 Å². The van der Waals surface area contributed by atoms with E-state index in [0.717, 1.165) is 32.7 Å². The van der Waals surface area contributed by atoms with Crippen LogP contribution in [-0.4, -0.2) is 4.98 Å². The number of alkyl halides is 1. The molecule has 0 saturated carbocycles. The number of fused-ring (bicyclic) bond motifs is 1. The lowest BCUT2D eigenvalue weighted by molar-refractivity contribution is 0.887. The van der Waals surface area contributed by atoms with Gasteiger partial charge >= 0.3 is 0 Å². The van der Waals surface area contributed by atoms with Crippen LogP contribution in [0.15, 0.2) is 54.6 Å². The Labute approximate surface area is 134 Å². The average molecular weight is 316 g/mol. The van der Waals surface area contributed by atoms with Gasteiger partial charge in [-0.25, -0.2) is 0 Å². The molecule has 0 saturated heterocycles. The Balaban J connectivity index is 1.86. The van der Waals surface area contributed by atoms with Crippen LogP contribution in [0.2, 0.25) is 5.02 Å². The zero-order valence-corrected chi connectivity index (χ0v) is 13.2. The Morgan fingerprint density at radius 2 is 1.86 bits per heavy atom. The van der Waals surface area contributed by atoms with E-state index in [1.807, 2.05) is 43.3 Å². The van der Waals surface area contributed by atoms with Gasteiger partial charge < -0.3 is 0 Å². The number of rotatable bonds is 3. The van der Waals surface area contributed by atoms with Crippen molar-refractivity contribution < 1.29 is 0 Å². The van der Waals surface area contributed by atoms with Crippen LogP contribution in [-0.2, 0) is 6.42 Å². The maximum absolute atomic E-state index is 6.54. The summed E-state index contributed by atoms with van der Waals surface area (Å²) in [6.07, 6.45) is 0.687. The predicted octanol–water partition coefficient (Wildman–Crippen LogP) is 5.72. The first-order chi connectivity index (χ1) is 10.1. The van der Waals surface area contributed by atoms with Crippen LogP contribution in [0.5, 0.6) is 0 Å². The third kappa shape index (κ3) is 3.37. The highest BCUT2D eigenvalue weighted by Gasteiger charge is 2.11. The summed E-state index contributed by atoms with van der Waals surface area (Å²) in [5, 5.41) is 1.74. The van der Waals surface area contributed by atoms with E-state index < -0.39 is 0 Å². The van der Waals surface area contributed by atoms with Crippen molar-refractivity contribution in [1.82, 2.24) is 4.98 Å². The maximum Gasteiger partial charge on any atom is 0.0705 e. The van der Waals surface area contributed by atoms with Crippen molar-refractivity contribution in [3.8, 4) is 0 Å². The standard InChI is InChI=1S/C18H15Cl2N/c1-12-8-14(10-15(19)9-12)17(20)11-16-7-6-13-4-2-3-5-18(13)21-16/h2-10,17H,11H2,1H3. The zero-order chi connectivity index (χ0) is 14.8. The summed E-state index contributed by atoms with van der Waals surface area (Å²) in [5.41, 5.74) is 4.15. The van der Waals surface area contributed by atoms with Gasteiger partial charge in [0.15, 0.2) is 0 Å². The quantitative estimate of drug-likeness (QED) is 0.563. The van der Waals surface area contributed by atoms with Crippen molar-refractivity contribution in [3.63, 3.8) is 0 Å². The molecule has 0 aliphatic heterocycles. The van der Waals surface area contributed by atoms with E-state index in [1.54, 1.807) is 0 Å². The van der Waals surface area contributed by atoms with Crippen molar-refractivity contribution in [3.05, 3.63) is 76.4 Å². The number of para-hydroxylation sites is 1. The number of hydrogen-bond donors (Lipinski definition) is 0. The van der Waals surface area contributed by atoms with E-state index in [-0.39, 0.29) is 5.38 Å². The van der Waals surface area contributed by atoms with Crippen molar-refractivity contribution in [1.29, 1.82) is 0 Å². The molecule has 1 atom stereocenters. The molecule has 0 radical (unpaired) electrons. The summed E-state index contributed by atoms with van der Waals surface area (Å²) in [6.45, 7) is 2.02. The molecule has 0 N–H and O–H groups in total. The van der Waals surface area contributed by atoms with Crippen LogP contribution in [0, 0.1) is 6.92 Å². The predicted molar refractivity (Wildman–Crippen MR) is 90.2 cm³/mol. The molecule has 3 aromatic rings. The van der Waals surface area contributed by atoms with E-state index in [1.165, 1.54) is 0 Å². The normalized spacial score (nSPS) is 12.5. The highest BCUT2D eigenvalue weighted by atomic mass is 35.5. The highest BCUT2D eigenvalue weighted by molar-refractivity contribution is 6.31. The van der Waals surface area contributed by atoms with Crippen molar-refractivity contribution in [2.45, 2.75) is 18.7 Å². The Bertz CT molecular complexity index is 763. The summed E-state index contributed by atoms with van der Waals surface area (Å²) in [7, 11) is 0. The number of halogens is 2. The Kier molecular flexibility index (Phi) is 4.14. The van der Waals surface area contributed by atoms with Gasteiger partial charge in [0, 0.05) is 22.5 Å². The van der Waals surface area contributed by atoms with Gasteiger partial charge in [0.05, 0.1) is 10.9 Å². The molecule has 0 spiro atoms. The van der Waals surface area contributed by atoms with Gasteiger partial charge in [0.1, 0.15) is 0 Å². The number of pyridine rings is 1. The van der Waals surface area contributed by atoms with Crippen LogP contribution < -0.4 is 0 Å². The Hall–Kier alpha value is -1.57. The van der Waals surface area contributed by atoms with Gasteiger partial charge in [-0.2, -0.15) is 0 Å². The van der Waals surface area contributed by atoms with Crippen LogP contribution in [0.1, 0.15) is 22.2 Å². The summed E-state index contributed by atoms with van der Waals surface area (Å²) >= 11 is 12.6. The summed E-state index contributed by atoms with van der Waals surface area (Å²) in [5.74, 6) is 0. The summed E-state index contributed by atoms with van der Waals surface area (Å²) in [4.78, 5) is 4.67. The minimum absolute atomic E-state index is 0.129. The fourth-order valence-electron chi connectivity index (χ4n) is 2.47. The molecule has 21 heavy (non-hydrogen) atoms. The molecule has 0 aliphatic rings. The lowest BCUT2D eigenvalue weighted by atomic mass is 10.0. The molecular formula is C18H15Cl2N. The lowest BCUT2D eigenvalue weighted by Gasteiger charge is -2.11. The lowest BCUT2D eigenvalue weighted by Crippen LogP contribution is -1.99. The Morgan fingerprint density at radius 1 is 1.05 bits per heavy atom. The number of nitrogens with zero attached hydrogens (tertiary/aromatic N) is 1. The van der Waals surface area contributed by atoms with Crippen LogP contribution in [0.4, 0.5) is 0 Å². The number of aromatic nitrogens is 1. The van der Waals surface area contributed by atoms with Gasteiger partial charge in [-0.3, -0.25) is 4.98 Å². The van der Waals surface area contributed by atoms with Crippen molar-refractivity contribution in [2.75, 3.05) is 0 Å². The van der Waals surface area contributed by atoms with Gasteiger partial charge in [-0.1, -0.05) is 41.9 Å². The third-order valence-corrected chi connectivity index (χ3v) is 4.10. The molecule has 1 aromatic heterocycles. The number of benzene rings is 2. The monoisotopic (exact) mass is 315 g/mol. The first kappa shape index (κ1) is 14.4. The van der Waals surface area contributed by atoms with E-state index >= 15 is 0 Å². The molecule has 0 amide bonds. The van der Waals surface area contributed by atoms with E-state index in [4.69, 9.17) is 23.2 Å². The smallest absolute Gasteiger partial charge is 0.0705 e. The number of aryl methyl sites for hydroxylation is 1. The molecule has 0 aliphatic carbocycles. The van der Waals surface area contributed by atoms with E-state index in [9.17, 15) is 0 Å². The van der Waals surface area contributed by atoms with Crippen LogP contribution in [0.3, 0.4) is 0 Å². The van der Waals surface area contributed by atoms with Gasteiger partial charge in [0.2, 0.25) is 0 Å². The second-order valence-corrected chi connectivity index (χ2v) is 6.19. The maximum atomic E-state index is 6.54. The fourth-order valence-corrected chi connectivity index (χ4v) is 3.05. The molecule has 1 nitrogen and oxygen atoms in total. The van der Waals surface area contributed by atoms with Crippen molar-refractivity contribution in [2.24, 2.45) is 0 Å². The molecule has 2 aromatic carbocycles. The minimum Gasteiger partial charge on any atom is -0.253 e. The van der Waals surface area contributed by atoms with Crippen LogP contribution >= 0.6 is 23.2 Å². The molecule has 1 heterocycles. The number of hydrogen-bond acceptors (Lipinski definition) is 1. The van der Waals surface area contributed by atoms with Crippen LogP contribution in [0.25, 0.3) is 10.9 Å². The molecular weight excluding hydrogens is 301 g/mol. The third-order valence-electron chi connectivity index (χ3n) is 3.47. The average Bonchev–Trinajstić information content (AvgIpc) is 2.46. The highest BCUT2D eigenvalue weighted by Crippen LogP contribution is 2.28. The molecule has 106 valence electrons. The van der Waals surface area contributed by atoms with Gasteiger partial charge in [-0.05, 0) is 42.3 Å². The first-order valence-electron chi connectivity index (χ1n) is 6.87. The van der Waals surface area contributed by atoms with E-state index in [2.05, 4.69) is 23.2 Å². The Morgan fingerprint density at radius 3 is 2.67 bits per heavy atom. The second-order valence-electron chi connectivity index (χ2n) is 5.23. The van der Waals surface area contributed by atoms with Gasteiger partial charge in [0.25, 0.3) is 0 Å². The fraction of sp³-hybridized carbons (Fsp3) is 0.167. The summed E-state index contributed by atoms with van der Waals surface area (Å²) in [6, 6.07) is 18.1. The first-order valence-corrected chi connectivity index (χ1v) is 7.69. The molecule has 0 bridgehead atoms. The zero-order valence-electron chi connectivity index (χ0n) is 11.7. The topological polar surface area (TPSA) is 12.9 Å². The molecule has 0 fully saturated rings. The second kappa shape index (κ2) is 6.05. The summed E-state index contributed by atoms with van der Waals surface area (Å²) < 4.78 is 0. The largest absolute Gasteiger partial charge is 0.253 e. The SMILES string of the molecule is Cc1cc(Cl)cc(C(Cl)Cc2ccc3ccccc3n2)c1. The van der Waals surface area contributed by atoms with Gasteiger partial charge in [-0.15, -0.1) is 11.6 Å². The van der Waals surface area contributed by atoms with E-state index in [0.29, 0.717) is 6.42 Å². The molecule has 1 unspecified atom stereocenters. The molecule has 3 heteroatoms.